The van der Waals surface area contributed by atoms with Gasteiger partial charge in [0.25, 0.3) is 0 Å². The van der Waals surface area contributed by atoms with E-state index in [0.29, 0.717) is 11.5 Å². The topological polar surface area (TPSA) is 68.0 Å². The molecule has 0 aliphatic rings. The van der Waals surface area contributed by atoms with Gasteiger partial charge in [-0.05, 0) is 46.7 Å². The Bertz CT molecular complexity index is 673. The van der Waals surface area contributed by atoms with Crippen molar-refractivity contribution in [2.24, 2.45) is 0 Å². The number of nitrogens with zero attached hydrogens (tertiary/aromatic N) is 5. The lowest BCUT2D eigenvalue weighted by Crippen LogP contribution is -2.00. The molecule has 1 N–H and O–H groups in total. The number of hydrogen-bond acceptors (Lipinski definition) is 5. The smallest absolute Gasteiger partial charge is 0.200 e. The van der Waals surface area contributed by atoms with Crippen LogP contribution in [0.15, 0.2) is 36.4 Å². The second-order valence-electron chi connectivity index (χ2n) is 4.32. The third-order valence-electron chi connectivity index (χ3n) is 2.83. The van der Waals surface area contributed by atoms with Gasteiger partial charge < -0.3 is 5.32 Å². The highest BCUT2D eigenvalue weighted by atomic mass is 15.6. The molecule has 2 heterocycles. The molecule has 0 atom stereocenters. The molecular formula is C13H14N6. The molecule has 2 aromatic heterocycles. The first-order valence-electron chi connectivity index (χ1n) is 6.26. The third-order valence-corrected chi connectivity index (χ3v) is 2.83. The lowest BCUT2D eigenvalue weighted by atomic mass is 10.1. The van der Waals surface area contributed by atoms with Crippen molar-refractivity contribution in [3.8, 4) is 0 Å². The lowest BCUT2D eigenvalue weighted by molar-refractivity contribution is 0.736. The number of fused-ring (bicyclic) bond motifs is 1. The first-order valence-corrected chi connectivity index (χ1v) is 6.26. The van der Waals surface area contributed by atoms with E-state index in [4.69, 9.17) is 0 Å². The molecular weight excluding hydrogens is 240 g/mol. The lowest BCUT2D eigenvalue weighted by Gasteiger charge is -2.06. The Hall–Kier alpha value is -2.50. The summed E-state index contributed by atoms with van der Waals surface area (Å²) in [7, 11) is 0. The molecule has 0 amide bonds. The molecule has 0 spiro atoms. The Labute approximate surface area is 110 Å². The third kappa shape index (κ3) is 2.52. The minimum atomic E-state index is 0.629. The molecule has 0 radical (unpaired) electrons. The maximum atomic E-state index is 4.26. The first-order chi connectivity index (χ1) is 9.35. The van der Waals surface area contributed by atoms with Gasteiger partial charge in [-0.2, -0.15) is 0 Å². The highest BCUT2D eigenvalue weighted by Gasteiger charge is 2.01. The predicted octanol–water partition coefficient (Wildman–Crippen LogP) is 2.22. The van der Waals surface area contributed by atoms with Gasteiger partial charge in [0.05, 0.1) is 0 Å². The summed E-state index contributed by atoms with van der Waals surface area (Å²) in [5.41, 5.74) is 2.97. The van der Waals surface area contributed by atoms with E-state index >= 15 is 0 Å². The second-order valence-corrected chi connectivity index (χ2v) is 4.32. The zero-order chi connectivity index (χ0) is 13.1. The SMILES string of the molecule is CCCc1ccc(Nc2ccc3nnnn3n2)cc1. The number of benzene rings is 1. The van der Waals surface area contributed by atoms with Crippen molar-refractivity contribution in [3.05, 3.63) is 42.0 Å². The Balaban J connectivity index is 1.79. The predicted molar refractivity (Wildman–Crippen MR) is 72.3 cm³/mol. The minimum Gasteiger partial charge on any atom is -0.339 e. The van der Waals surface area contributed by atoms with Crippen LogP contribution < -0.4 is 5.32 Å². The molecule has 19 heavy (non-hydrogen) atoms. The Morgan fingerprint density at radius 3 is 2.74 bits per heavy atom. The van der Waals surface area contributed by atoms with Gasteiger partial charge in [0, 0.05) is 5.69 Å². The molecule has 3 aromatic rings. The largest absolute Gasteiger partial charge is 0.339 e. The van der Waals surface area contributed by atoms with Crippen molar-refractivity contribution < 1.29 is 0 Å². The summed E-state index contributed by atoms with van der Waals surface area (Å²) < 4.78 is 1.40. The highest BCUT2D eigenvalue weighted by molar-refractivity contribution is 5.57. The summed E-state index contributed by atoms with van der Waals surface area (Å²) in [5.74, 6) is 0.711. The summed E-state index contributed by atoms with van der Waals surface area (Å²) in [6.07, 6.45) is 2.26. The van der Waals surface area contributed by atoms with Gasteiger partial charge in [0.2, 0.25) is 0 Å². The quantitative estimate of drug-likeness (QED) is 0.773. The van der Waals surface area contributed by atoms with E-state index in [1.165, 1.54) is 10.2 Å². The molecule has 6 heteroatoms. The number of aryl methyl sites for hydroxylation is 1. The summed E-state index contributed by atoms with van der Waals surface area (Å²) in [6, 6.07) is 12.0. The van der Waals surface area contributed by atoms with Gasteiger partial charge in [-0.25, -0.2) is 0 Å². The van der Waals surface area contributed by atoms with Crippen molar-refractivity contribution >= 4 is 17.2 Å². The van der Waals surface area contributed by atoms with Crippen LogP contribution in [0.5, 0.6) is 0 Å². The van der Waals surface area contributed by atoms with Crippen molar-refractivity contribution in [1.82, 2.24) is 25.3 Å². The van der Waals surface area contributed by atoms with Gasteiger partial charge in [0.1, 0.15) is 0 Å². The molecule has 0 bridgehead atoms. The normalized spacial score (nSPS) is 10.8. The van der Waals surface area contributed by atoms with E-state index in [9.17, 15) is 0 Å². The van der Waals surface area contributed by atoms with E-state index in [1.54, 1.807) is 0 Å². The van der Waals surface area contributed by atoms with E-state index < -0.39 is 0 Å². The molecule has 6 nitrogen and oxygen atoms in total. The number of nitrogens with one attached hydrogen (secondary N) is 1. The van der Waals surface area contributed by atoms with Crippen LogP contribution >= 0.6 is 0 Å². The summed E-state index contributed by atoms with van der Waals surface area (Å²) in [5, 5.41) is 18.6. The number of tetrazole rings is 1. The molecule has 0 aliphatic carbocycles. The second kappa shape index (κ2) is 5.01. The fraction of sp³-hybridized carbons (Fsp3) is 0.231. The van der Waals surface area contributed by atoms with Crippen LogP contribution in [0.1, 0.15) is 18.9 Å². The standard InChI is InChI=1S/C13H14N6/c1-2-3-10-4-6-11(7-5-10)14-12-8-9-13-15-17-18-19(13)16-12/h4-9H,2-3H2,1H3,(H,14,16). The monoisotopic (exact) mass is 254 g/mol. The molecule has 1 aromatic carbocycles. The van der Waals surface area contributed by atoms with Crippen molar-refractivity contribution in [2.75, 3.05) is 5.32 Å². The minimum absolute atomic E-state index is 0.629. The van der Waals surface area contributed by atoms with Crippen LogP contribution in [-0.2, 0) is 6.42 Å². The van der Waals surface area contributed by atoms with Crippen molar-refractivity contribution in [2.45, 2.75) is 19.8 Å². The number of hydrogen-bond donors (Lipinski definition) is 1. The molecule has 0 fully saturated rings. The van der Waals surface area contributed by atoms with E-state index in [2.05, 4.69) is 57.1 Å². The van der Waals surface area contributed by atoms with Crippen LogP contribution in [0, 0.1) is 0 Å². The molecule has 0 saturated heterocycles. The summed E-state index contributed by atoms with van der Waals surface area (Å²) in [4.78, 5) is 0. The molecule has 0 unspecified atom stereocenters. The number of rotatable bonds is 4. The van der Waals surface area contributed by atoms with Crippen LogP contribution in [0.25, 0.3) is 5.65 Å². The fourth-order valence-corrected chi connectivity index (χ4v) is 1.91. The van der Waals surface area contributed by atoms with E-state index in [-0.39, 0.29) is 0 Å². The maximum Gasteiger partial charge on any atom is 0.200 e. The number of aromatic nitrogens is 5. The average molecular weight is 254 g/mol. The highest BCUT2D eigenvalue weighted by Crippen LogP contribution is 2.15. The zero-order valence-electron chi connectivity index (χ0n) is 10.6. The first kappa shape index (κ1) is 11.6. The summed E-state index contributed by atoms with van der Waals surface area (Å²) in [6.45, 7) is 2.18. The fourth-order valence-electron chi connectivity index (χ4n) is 1.91. The Morgan fingerprint density at radius 2 is 1.95 bits per heavy atom. The maximum absolute atomic E-state index is 4.26. The van der Waals surface area contributed by atoms with E-state index in [1.807, 2.05) is 12.1 Å². The summed E-state index contributed by atoms with van der Waals surface area (Å²) >= 11 is 0. The van der Waals surface area contributed by atoms with Crippen LogP contribution in [0.2, 0.25) is 0 Å². The van der Waals surface area contributed by atoms with Crippen molar-refractivity contribution in [1.29, 1.82) is 0 Å². The van der Waals surface area contributed by atoms with Crippen LogP contribution in [0.3, 0.4) is 0 Å². The van der Waals surface area contributed by atoms with Gasteiger partial charge in [-0.15, -0.1) is 14.8 Å². The van der Waals surface area contributed by atoms with Gasteiger partial charge in [-0.1, -0.05) is 25.5 Å². The van der Waals surface area contributed by atoms with Crippen LogP contribution in [0.4, 0.5) is 11.5 Å². The van der Waals surface area contributed by atoms with Crippen molar-refractivity contribution in [3.63, 3.8) is 0 Å². The Kier molecular flexibility index (Phi) is 3.06. The van der Waals surface area contributed by atoms with Gasteiger partial charge in [-0.3, -0.25) is 0 Å². The number of anilines is 2. The average Bonchev–Trinajstić information content (AvgIpc) is 2.89. The van der Waals surface area contributed by atoms with Gasteiger partial charge >= 0.3 is 0 Å². The van der Waals surface area contributed by atoms with E-state index in [0.717, 1.165) is 18.5 Å². The van der Waals surface area contributed by atoms with Gasteiger partial charge in [0.15, 0.2) is 11.5 Å². The molecule has 3 rings (SSSR count). The molecule has 0 saturated carbocycles. The Morgan fingerprint density at radius 1 is 1.11 bits per heavy atom. The molecule has 0 aliphatic heterocycles. The molecule has 96 valence electrons. The zero-order valence-corrected chi connectivity index (χ0v) is 10.6. The van der Waals surface area contributed by atoms with Crippen LogP contribution in [-0.4, -0.2) is 25.3 Å².